The molecule has 3 N–H and O–H groups in total. The van der Waals surface area contributed by atoms with Crippen molar-refractivity contribution in [2.75, 3.05) is 17.6 Å². The van der Waals surface area contributed by atoms with Gasteiger partial charge in [0.15, 0.2) is 17.1 Å². The van der Waals surface area contributed by atoms with Gasteiger partial charge >= 0.3 is 0 Å². The van der Waals surface area contributed by atoms with Gasteiger partial charge in [-0.25, -0.2) is 8.78 Å². The maximum atomic E-state index is 15.5. The SMILES string of the molecule is Nc1c(F)c(NCCCc2ccccc2)c(F)c2c1c(=O)ccn2CCc1ccccc1. The van der Waals surface area contributed by atoms with E-state index in [1.807, 2.05) is 60.7 Å². The summed E-state index contributed by atoms with van der Waals surface area (Å²) < 4.78 is 32.1. The number of hydrogen-bond acceptors (Lipinski definition) is 3. The van der Waals surface area contributed by atoms with Gasteiger partial charge in [0.1, 0.15) is 5.69 Å². The van der Waals surface area contributed by atoms with Gasteiger partial charge < -0.3 is 15.6 Å². The van der Waals surface area contributed by atoms with E-state index in [1.165, 1.54) is 12.3 Å². The lowest BCUT2D eigenvalue weighted by molar-refractivity contribution is 0.588. The van der Waals surface area contributed by atoms with E-state index in [-0.39, 0.29) is 22.3 Å². The normalized spacial score (nSPS) is 11.1. The number of nitrogens with one attached hydrogen (secondary N) is 1. The molecule has 1 aromatic heterocycles. The molecule has 0 spiro atoms. The smallest absolute Gasteiger partial charge is 0.191 e. The third-order valence-electron chi connectivity index (χ3n) is 5.60. The van der Waals surface area contributed by atoms with Crippen molar-refractivity contribution in [3.05, 3.63) is 106 Å². The molecule has 4 nitrogen and oxygen atoms in total. The number of aromatic nitrogens is 1. The van der Waals surface area contributed by atoms with Crippen LogP contribution in [0.3, 0.4) is 0 Å². The third-order valence-corrected chi connectivity index (χ3v) is 5.60. The summed E-state index contributed by atoms with van der Waals surface area (Å²) in [7, 11) is 0. The zero-order chi connectivity index (χ0) is 22.5. The molecule has 0 aliphatic heterocycles. The molecule has 0 bridgehead atoms. The van der Waals surface area contributed by atoms with Gasteiger partial charge in [0.05, 0.1) is 16.6 Å². The lowest BCUT2D eigenvalue weighted by Crippen LogP contribution is -2.16. The predicted molar refractivity (Wildman–Crippen MR) is 126 cm³/mol. The molecule has 3 aromatic carbocycles. The number of anilines is 2. The van der Waals surface area contributed by atoms with Gasteiger partial charge in [-0.3, -0.25) is 4.79 Å². The highest BCUT2D eigenvalue weighted by atomic mass is 19.1. The third kappa shape index (κ3) is 4.49. The molecule has 0 aliphatic carbocycles. The summed E-state index contributed by atoms with van der Waals surface area (Å²) in [5.74, 6) is -1.72. The molecular formula is C26H25F2N3O. The van der Waals surface area contributed by atoms with Crippen molar-refractivity contribution in [3.63, 3.8) is 0 Å². The van der Waals surface area contributed by atoms with Crippen LogP contribution in [0.15, 0.2) is 77.7 Å². The van der Waals surface area contributed by atoms with E-state index in [2.05, 4.69) is 5.32 Å². The second-order valence-corrected chi connectivity index (χ2v) is 7.77. The van der Waals surface area contributed by atoms with Gasteiger partial charge in [0, 0.05) is 25.4 Å². The zero-order valence-corrected chi connectivity index (χ0v) is 17.7. The fourth-order valence-electron chi connectivity index (χ4n) is 3.92. The summed E-state index contributed by atoms with van der Waals surface area (Å²) in [6.45, 7) is 0.797. The highest BCUT2D eigenvalue weighted by Crippen LogP contribution is 2.32. The molecule has 164 valence electrons. The highest BCUT2D eigenvalue weighted by Gasteiger charge is 2.22. The monoisotopic (exact) mass is 433 g/mol. The molecule has 0 aliphatic rings. The molecule has 0 radical (unpaired) electrons. The predicted octanol–water partition coefficient (Wildman–Crippen LogP) is 5.15. The Kier molecular flexibility index (Phi) is 6.50. The largest absolute Gasteiger partial charge is 0.396 e. The van der Waals surface area contributed by atoms with E-state index >= 15 is 4.39 Å². The minimum atomic E-state index is -0.923. The average Bonchev–Trinajstić information content (AvgIpc) is 2.82. The Morgan fingerprint density at radius 1 is 0.844 bits per heavy atom. The summed E-state index contributed by atoms with van der Waals surface area (Å²) in [6, 6.07) is 21.0. The number of aryl methyl sites for hydroxylation is 3. The minimum Gasteiger partial charge on any atom is -0.396 e. The van der Waals surface area contributed by atoms with Crippen molar-refractivity contribution in [2.24, 2.45) is 0 Å². The summed E-state index contributed by atoms with van der Waals surface area (Å²) in [5.41, 5.74) is 7.11. The van der Waals surface area contributed by atoms with Gasteiger partial charge in [-0.15, -0.1) is 0 Å². The van der Waals surface area contributed by atoms with Crippen molar-refractivity contribution in [1.82, 2.24) is 4.57 Å². The molecule has 0 unspecified atom stereocenters. The summed E-state index contributed by atoms with van der Waals surface area (Å²) in [4.78, 5) is 12.4. The van der Waals surface area contributed by atoms with Crippen molar-refractivity contribution < 1.29 is 8.78 Å². The molecule has 0 saturated heterocycles. The van der Waals surface area contributed by atoms with Crippen molar-refractivity contribution in [3.8, 4) is 0 Å². The van der Waals surface area contributed by atoms with E-state index in [0.717, 1.165) is 17.5 Å². The van der Waals surface area contributed by atoms with Crippen LogP contribution in [0.5, 0.6) is 0 Å². The first-order valence-corrected chi connectivity index (χ1v) is 10.7. The number of halogens is 2. The maximum Gasteiger partial charge on any atom is 0.191 e. The summed E-state index contributed by atoms with van der Waals surface area (Å²) >= 11 is 0. The van der Waals surface area contributed by atoms with Crippen LogP contribution in [0.2, 0.25) is 0 Å². The molecule has 0 atom stereocenters. The Hall–Kier alpha value is -3.67. The van der Waals surface area contributed by atoms with Crippen LogP contribution in [-0.4, -0.2) is 11.1 Å². The Morgan fingerprint density at radius 2 is 1.47 bits per heavy atom. The van der Waals surface area contributed by atoms with Crippen LogP contribution in [0.25, 0.3) is 10.9 Å². The lowest BCUT2D eigenvalue weighted by atomic mass is 10.1. The maximum absolute atomic E-state index is 15.5. The van der Waals surface area contributed by atoms with Crippen molar-refractivity contribution in [1.29, 1.82) is 0 Å². The van der Waals surface area contributed by atoms with E-state index in [9.17, 15) is 9.18 Å². The van der Waals surface area contributed by atoms with Crippen LogP contribution in [0.1, 0.15) is 17.5 Å². The molecule has 6 heteroatoms. The number of rotatable bonds is 8. The number of pyridine rings is 1. The first-order chi connectivity index (χ1) is 15.6. The number of nitrogens with two attached hydrogens (primary N) is 1. The first kappa shape index (κ1) is 21.6. The second kappa shape index (κ2) is 9.64. The van der Waals surface area contributed by atoms with Crippen molar-refractivity contribution in [2.45, 2.75) is 25.8 Å². The van der Waals surface area contributed by atoms with Crippen LogP contribution >= 0.6 is 0 Å². The lowest BCUT2D eigenvalue weighted by Gasteiger charge is -2.17. The van der Waals surface area contributed by atoms with Crippen LogP contribution in [0.4, 0.5) is 20.2 Å². The molecule has 4 rings (SSSR count). The van der Waals surface area contributed by atoms with Gasteiger partial charge in [0.25, 0.3) is 0 Å². The molecule has 0 saturated carbocycles. The van der Waals surface area contributed by atoms with Crippen LogP contribution in [0, 0.1) is 11.6 Å². The summed E-state index contributed by atoms with van der Waals surface area (Å²) in [5, 5.41) is 2.74. The number of benzene rings is 3. The molecule has 0 amide bonds. The quantitative estimate of drug-likeness (QED) is 0.298. The fraction of sp³-hybridized carbons (Fsp3) is 0.192. The van der Waals surface area contributed by atoms with Gasteiger partial charge in [0.2, 0.25) is 0 Å². The molecule has 32 heavy (non-hydrogen) atoms. The summed E-state index contributed by atoms with van der Waals surface area (Å²) in [6.07, 6.45) is 3.64. The van der Waals surface area contributed by atoms with E-state index in [0.29, 0.717) is 25.9 Å². The highest BCUT2D eigenvalue weighted by molar-refractivity contribution is 5.94. The van der Waals surface area contributed by atoms with Crippen LogP contribution in [-0.2, 0) is 19.4 Å². The molecule has 4 aromatic rings. The molecular weight excluding hydrogens is 408 g/mol. The number of nitrogen functional groups attached to an aromatic ring is 1. The zero-order valence-electron chi connectivity index (χ0n) is 17.7. The molecule has 1 heterocycles. The number of nitrogens with zero attached hydrogens (tertiary/aromatic N) is 1. The Balaban J connectivity index is 1.62. The standard InChI is InChI=1S/C26H25F2N3O/c27-22-24(29)21-20(32)14-17-31(16-13-19-10-5-2-6-11-19)26(21)23(28)25(22)30-15-7-12-18-8-3-1-4-9-18/h1-6,8-11,14,17,30H,7,12-13,15-16,29H2. The van der Waals surface area contributed by atoms with E-state index in [1.54, 1.807) is 4.57 Å². The van der Waals surface area contributed by atoms with Gasteiger partial charge in [-0.2, -0.15) is 0 Å². The fourth-order valence-corrected chi connectivity index (χ4v) is 3.92. The number of hydrogen-bond donors (Lipinski definition) is 2. The topological polar surface area (TPSA) is 60.0 Å². The van der Waals surface area contributed by atoms with E-state index in [4.69, 9.17) is 5.73 Å². The van der Waals surface area contributed by atoms with Gasteiger partial charge in [-0.05, 0) is 30.4 Å². The van der Waals surface area contributed by atoms with Crippen molar-refractivity contribution >= 4 is 22.3 Å². The van der Waals surface area contributed by atoms with Gasteiger partial charge in [-0.1, -0.05) is 60.7 Å². The Morgan fingerprint density at radius 3 is 2.12 bits per heavy atom. The minimum absolute atomic E-state index is 0.0258. The Bertz CT molecular complexity index is 1270. The second-order valence-electron chi connectivity index (χ2n) is 7.77. The first-order valence-electron chi connectivity index (χ1n) is 10.7. The molecule has 0 fully saturated rings. The Labute approximate surface area is 185 Å². The number of fused-ring (bicyclic) bond motifs is 1. The van der Waals surface area contributed by atoms with Crippen LogP contribution < -0.4 is 16.5 Å². The van der Waals surface area contributed by atoms with E-state index < -0.39 is 17.1 Å². The average molecular weight is 434 g/mol.